The Hall–Kier alpha value is -0.870. The normalized spacial score (nSPS) is 18.7. The molecule has 1 aromatic rings. The van der Waals surface area contributed by atoms with Gasteiger partial charge in [0.05, 0.1) is 12.2 Å². The number of aryl methyl sites for hydroxylation is 1. The molecule has 0 aromatic carbocycles. The van der Waals surface area contributed by atoms with Crippen molar-refractivity contribution in [1.82, 2.24) is 19.8 Å². The number of rotatable bonds is 5. The molecule has 114 valence electrons. The molecule has 1 saturated carbocycles. The monoisotopic (exact) mass is 278 g/mol. The Morgan fingerprint density at radius 2 is 1.85 bits per heavy atom. The lowest BCUT2D eigenvalue weighted by Crippen LogP contribution is -2.52. The molecular formula is C16H30N4. The number of nitrogens with zero attached hydrogens (tertiary/aromatic N) is 3. The molecule has 0 amide bonds. The van der Waals surface area contributed by atoms with Gasteiger partial charge < -0.3 is 14.8 Å². The number of hydrogen-bond donors (Lipinski definition) is 1. The van der Waals surface area contributed by atoms with Crippen LogP contribution in [0.5, 0.6) is 0 Å². The van der Waals surface area contributed by atoms with Crippen LogP contribution in [0.2, 0.25) is 0 Å². The van der Waals surface area contributed by atoms with Crippen molar-refractivity contribution in [2.24, 2.45) is 7.05 Å². The van der Waals surface area contributed by atoms with Gasteiger partial charge in [-0.25, -0.2) is 4.98 Å². The Balaban J connectivity index is 1.95. The quantitative estimate of drug-likeness (QED) is 0.898. The minimum absolute atomic E-state index is 0.341. The van der Waals surface area contributed by atoms with E-state index >= 15 is 0 Å². The third-order valence-electron chi connectivity index (χ3n) is 5.18. The predicted molar refractivity (Wildman–Crippen MR) is 83.9 cm³/mol. The van der Waals surface area contributed by atoms with E-state index in [0.29, 0.717) is 5.54 Å². The van der Waals surface area contributed by atoms with E-state index in [0.717, 1.165) is 24.6 Å². The molecule has 1 heterocycles. The molecule has 4 nitrogen and oxygen atoms in total. The van der Waals surface area contributed by atoms with E-state index < -0.39 is 0 Å². The summed E-state index contributed by atoms with van der Waals surface area (Å²) in [7, 11) is 6.55. The van der Waals surface area contributed by atoms with Crippen LogP contribution in [0, 0.1) is 13.8 Å². The van der Waals surface area contributed by atoms with E-state index in [4.69, 9.17) is 0 Å². The van der Waals surface area contributed by atoms with Crippen LogP contribution < -0.4 is 5.32 Å². The molecule has 2 rings (SSSR count). The maximum atomic E-state index is 4.65. The zero-order valence-electron chi connectivity index (χ0n) is 13.8. The molecule has 0 bridgehead atoms. The molecule has 4 heteroatoms. The SMILES string of the molecule is Cc1nc(CNCC2(N(C)C)CCCCC2)n(C)c1C. The predicted octanol–water partition coefficient (Wildman–Crippen LogP) is 2.39. The van der Waals surface area contributed by atoms with Gasteiger partial charge in [0.2, 0.25) is 0 Å². The fourth-order valence-corrected chi connectivity index (χ4v) is 3.34. The van der Waals surface area contributed by atoms with Gasteiger partial charge >= 0.3 is 0 Å². The van der Waals surface area contributed by atoms with E-state index in [1.54, 1.807) is 0 Å². The highest BCUT2D eigenvalue weighted by atomic mass is 15.2. The van der Waals surface area contributed by atoms with Gasteiger partial charge in [-0.05, 0) is 40.8 Å². The van der Waals surface area contributed by atoms with Crippen LogP contribution in [0.3, 0.4) is 0 Å². The molecule has 0 spiro atoms. The maximum absolute atomic E-state index is 4.65. The summed E-state index contributed by atoms with van der Waals surface area (Å²) >= 11 is 0. The lowest BCUT2D eigenvalue weighted by molar-refractivity contribution is 0.0981. The first-order chi connectivity index (χ1) is 9.46. The molecule has 1 aromatic heterocycles. The van der Waals surface area contributed by atoms with Gasteiger partial charge in [-0.15, -0.1) is 0 Å². The maximum Gasteiger partial charge on any atom is 0.122 e. The number of imidazole rings is 1. The summed E-state index contributed by atoms with van der Waals surface area (Å²) in [4.78, 5) is 7.07. The second-order valence-electron chi connectivity index (χ2n) is 6.54. The topological polar surface area (TPSA) is 33.1 Å². The molecule has 0 aliphatic heterocycles. The Morgan fingerprint density at radius 3 is 2.35 bits per heavy atom. The molecule has 1 aliphatic rings. The van der Waals surface area contributed by atoms with Crippen molar-refractivity contribution in [2.45, 2.75) is 58.0 Å². The lowest BCUT2D eigenvalue weighted by Gasteiger charge is -2.43. The smallest absolute Gasteiger partial charge is 0.122 e. The van der Waals surface area contributed by atoms with Crippen LogP contribution >= 0.6 is 0 Å². The van der Waals surface area contributed by atoms with Crippen molar-refractivity contribution in [2.75, 3.05) is 20.6 Å². The third kappa shape index (κ3) is 3.07. The van der Waals surface area contributed by atoms with E-state index in [-0.39, 0.29) is 0 Å². The third-order valence-corrected chi connectivity index (χ3v) is 5.18. The minimum Gasteiger partial charge on any atom is -0.334 e. The highest BCUT2D eigenvalue weighted by Crippen LogP contribution is 2.31. The summed E-state index contributed by atoms with van der Waals surface area (Å²) in [6, 6.07) is 0. The number of aromatic nitrogens is 2. The fourth-order valence-electron chi connectivity index (χ4n) is 3.34. The molecule has 20 heavy (non-hydrogen) atoms. The first kappa shape index (κ1) is 15.5. The van der Waals surface area contributed by atoms with Crippen LogP contribution in [-0.2, 0) is 13.6 Å². The van der Waals surface area contributed by atoms with Crippen LogP contribution in [0.15, 0.2) is 0 Å². The first-order valence-corrected chi connectivity index (χ1v) is 7.83. The summed E-state index contributed by atoms with van der Waals surface area (Å²) in [5.74, 6) is 1.14. The van der Waals surface area contributed by atoms with Gasteiger partial charge in [-0.2, -0.15) is 0 Å². The van der Waals surface area contributed by atoms with E-state index in [2.05, 4.69) is 54.8 Å². The fraction of sp³-hybridized carbons (Fsp3) is 0.812. The average molecular weight is 278 g/mol. The second-order valence-corrected chi connectivity index (χ2v) is 6.54. The highest BCUT2D eigenvalue weighted by molar-refractivity contribution is 5.13. The van der Waals surface area contributed by atoms with Crippen LogP contribution in [0.1, 0.15) is 49.3 Å². The van der Waals surface area contributed by atoms with Crippen molar-refractivity contribution in [3.63, 3.8) is 0 Å². The van der Waals surface area contributed by atoms with Crippen molar-refractivity contribution < 1.29 is 0 Å². The number of likely N-dealkylation sites (N-methyl/N-ethyl adjacent to an activating group) is 1. The van der Waals surface area contributed by atoms with Gasteiger partial charge in [-0.1, -0.05) is 19.3 Å². The Kier molecular flexibility index (Phi) is 4.86. The van der Waals surface area contributed by atoms with E-state index in [9.17, 15) is 0 Å². The molecule has 0 saturated heterocycles. The standard InChI is InChI=1S/C16H30N4/c1-13-14(2)20(5)15(18-13)11-17-12-16(19(3)4)9-7-6-8-10-16/h17H,6-12H2,1-5H3. The Morgan fingerprint density at radius 1 is 1.20 bits per heavy atom. The van der Waals surface area contributed by atoms with Crippen molar-refractivity contribution in [1.29, 1.82) is 0 Å². The highest BCUT2D eigenvalue weighted by Gasteiger charge is 2.33. The molecule has 0 radical (unpaired) electrons. The number of hydrogen-bond acceptors (Lipinski definition) is 3. The Labute approximate surface area is 123 Å². The zero-order valence-corrected chi connectivity index (χ0v) is 13.8. The summed E-state index contributed by atoms with van der Waals surface area (Å²) in [6.07, 6.45) is 6.74. The van der Waals surface area contributed by atoms with Crippen LogP contribution in [0.25, 0.3) is 0 Å². The first-order valence-electron chi connectivity index (χ1n) is 7.83. The van der Waals surface area contributed by atoms with E-state index in [1.165, 1.54) is 37.8 Å². The van der Waals surface area contributed by atoms with Gasteiger partial charge in [0, 0.05) is 24.8 Å². The van der Waals surface area contributed by atoms with Gasteiger partial charge in [0.1, 0.15) is 5.82 Å². The molecule has 0 atom stereocenters. The molecule has 1 fully saturated rings. The lowest BCUT2D eigenvalue weighted by atomic mass is 9.80. The summed E-state index contributed by atoms with van der Waals surface area (Å²) in [5, 5.41) is 3.65. The van der Waals surface area contributed by atoms with Crippen molar-refractivity contribution in [3.8, 4) is 0 Å². The largest absolute Gasteiger partial charge is 0.334 e. The summed E-state index contributed by atoms with van der Waals surface area (Å²) < 4.78 is 2.20. The zero-order chi connectivity index (χ0) is 14.8. The van der Waals surface area contributed by atoms with Gasteiger partial charge in [0.15, 0.2) is 0 Å². The molecule has 1 N–H and O–H groups in total. The van der Waals surface area contributed by atoms with Gasteiger partial charge in [-0.3, -0.25) is 0 Å². The van der Waals surface area contributed by atoms with E-state index in [1.807, 2.05) is 0 Å². The average Bonchev–Trinajstić information content (AvgIpc) is 2.67. The molecule has 1 aliphatic carbocycles. The summed E-state index contributed by atoms with van der Waals surface area (Å²) in [5.41, 5.74) is 2.75. The van der Waals surface area contributed by atoms with Crippen molar-refractivity contribution in [3.05, 3.63) is 17.2 Å². The van der Waals surface area contributed by atoms with Gasteiger partial charge in [0.25, 0.3) is 0 Å². The van der Waals surface area contributed by atoms with Crippen LogP contribution in [-0.4, -0.2) is 40.6 Å². The minimum atomic E-state index is 0.341. The summed E-state index contributed by atoms with van der Waals surface area (Å²) in [6.45, 7) is 6.14. The van der Waals surface area contributed by atoms with Crippen molar-refractivity contribution >= 4 is 0 Å². The molecule has 0 unspecified atom stereocenters. The number of nitrogens with one attached hydrogen (secondary N) is 1. The molecular weight excluding hydrogens is 248 g/mol. The Bertz CT molecular complexity index is 442. The van der Waals surface area contributed by atoms with Crippen LogP contribution in [0.4, 0.5) is 0 Å². The second kappa shape index (κ2) is 6.27.